The average Bonchev–Trinajstić information content (AvgIpc) is 2.60. The predicted molar refractivity (Wildman–Crippen MR) is 91.8 cm³/mol. The Morgan fingerprint density at radius 3 is 2.09 bits per heavy atom. The second kappa shape index (κ2) is 7.68. The summed E-state index contributed by atoms with van der Waals surface area (Å²) in [7, 11) is 0. The molecule has 1 atom stereocenters. The van der Waals surface area contributed by atoms with E-state index in [1.807, 2.05) is 18.2 Å². The SMILES string of the molecule is NCCN1CCN([C@H](c2ccccc2)c2ccc(F)cc2)CC1. The van der Waals surface area contributed by atoms with Gasteiger partial charge in [-0.2, -0.15) is 0 Å². The van der Waals surface area contributed by atoms with Gasteiger partial charge in [0.05, 0.1) is 6.04 Å². The van der Waals surface area contributed by atoms with Crippen molar-refractivity contribution in [2.75, 3.05) is 39.3 Å². The minimum absolute atomic E-state index is 0.178. The highest BCUT2D eigenvalue weighted by Gasteiger charge is 2.26. The Balaban J connectivity index is 1.83. The molecule has 2 aromatic carbocycles. The van der Waals surface area contributed by atoms with Crippen LogP contribution in [0.3, 0.4) is 0 Å². The van der Waals surface area contributed by atoms with Crippen LogP contribution in [0.15, 0.2) is 54.6 Å². The molecule has 122 valence electrons. The molecule has 1 fully saturated rings. The van der Waals surface area contributed by atoms with E-state index < -0.39 is 0 Å². The standard InChI is InChI=1S/C19H24FN3/c20-18-8-6-17(7-9-18)19(16-4-2-1-3-5-16)23-14-12-22(11-10-21)13-15-23/h1-9,19H,10-15,21H2/t19-/m1/s1. The molecule has 2 N–H and O–H groups in total. The van der Waals surface area contributed by atoms with Crippen LogP contribution in [0.1, 0.15) is 17.2 Å². The third-order valence-electron chi connectivity index (χ3n) is 4.52. The van der Waals surface area contributed by atoms with Crippen LogP contribution in [0.25, 0.3) is 0 Å². The molecule has 2 aromatic rings. The van der Waals surface area contributed by atoms with Gasteiger partial charge in [0.1, 0.15) is 5.82 Å². The predicted octanol–water partition coefficient (Wildman–Crippen LogP) is 2.49. The number of nitrogens with zero attached hydrogens (tertiary/aromatic N) is 2. The molecule has 0 spiro atoms. The number of nitrogens with two attached hydrogens (primary N) is 1. The van der Waals surface area contributed by atoms with Crippen molar-refractivity contribution in [1.29, 1.82) is 0 Å². The minimum atomic E-state index is -0.187. The highest BCUT2D eigenvalue weighted by Crippen LogP contribution is 2.29. The summed E-state index contributed by atoms with van der Waals surface area (Å²) >= 11 is 0. The first-order chi connectivity index (χ1) is 11.3. The van der Waals surface area contributed by atoms with E-state index in [2.05, 4.69) is 34.1 Å². The average molecular weight is 313 g/mol. The smallest absolute Gasteiger partial charge is 0.123 e. The van der Waals surface area contributed by atoms with Gasteiger partial charge >= 0.3 is 0 Å². The Morgan fingerprint density at radius 2 is 1.48 bits per heavy atom. The summed E-state index contributed by atoms with van der Waals surface area (Å²) in [6.45, 7) is 5.72. The molecule has 1 heterocycles. The molecule has 4 heteroatoms. The number of piperazine rings is 1. The van der Waals surface area contributed by atoms with Gasteiger partial charge in [-0.15, -0.1) is 0 Å². The van der Waals surface area contributed by atoms with Crippen LogP contribution in [0, 0.1) is 5.82 Å². The van der Waals surface area contributed by atoms with Crippen molar-refractivity contribution >= 4 is 0 Å². The molecule has 3 nitrogen and oxygen atoms in total. The molecular formula is C19H24FN3. The Morgan fingerprint density at radius 1 is 0.870 bits per heavy atom. The summed E-state index contributed by atoms with van der Waals surface area (Å²) in [6.07, 6.45) is 0. The van der Waals surface area contributed by atoms with E-state index in [4.69, 9.17) is 5.73 Å². The summed E-state index contributed by atoms with van der Waals surface area (Å²) < 4.78 is 13.3. The number of halogens is 1. The van der Waals surface area contributed by atoms with Crippen LogP contribution in [-0.4, -0.2) is 49.1 Å². The van der Waals surface area contributed by atoms with E-state index in [-0.39, 0.29) is 11.9 Å². The Labute approximate surface area is 137 Å². The quantitative estimate of drug-likeness (QED) is 0.920. The third-order valence-corrected chi connectivity index (χ3v) is 4.52. The third kappa shape index (κ3) is 3.96. The van der Waals surface area contributed by atoms with Crippen molar-refractivity contribution in [1.82, 2.24) is 9.80 Å². The van der Waals surface area contributed by atoms with Gasteiger partial charge in [0.25, 0.3) is 0 Å². The molecule has 23 heavy (non-hydrogen) atoms. The lowest BCUT2D eigenvalue weighted by Gasteiger charge is -2.39. The van der Waals surface area contributed by atoms with Gasteiger partial charge in [-0.05, 0) is 23.3 Å². The van der Waals surface area contributed by atoms with Gasteiger partial charge in [-0.25, -0.2) is 4.39 Å². The maximum atomic E-state index is 13.3. The van der Waals surface area contributed by atoms with Crippen LogP contribution in [0.4, 0.5) is 4.39 Å². The van der Waals surface area contributed by atoms with Gasteiger partial charge < -0.3 is 5.73 Å². The van der Waals surface area contributed by atoms with Crippen LogP contribution in [0.5, 0.6) is 0 Å². The highest BCUT2D eigenvalue weighted by atomic mass is 19.1. The molecule has 1 aliphatic heterocycles. The topological polar surface area (TPSA) is 32.5 Å². The van der Waals surface area contributed by atoms with Crippen LogP contribution < -0.4 is 5.73 Å². The number of hydrogen-bond acceptors (Lipinski definition) is 3. The Bertz CT molecular complexity index is 592. The Hall–Kier alpha value is -1.75. The van der Waals surface area contributed by atoms with E-state index in [9.17, 15) is 4.39 Å². The van der Waals surface area contributed by atoms with E-state index in [1.54, 1.807) is 12.1 Å². The number of benzene rings is 2. The van der Waals surface area contributed by atoms with Gasteiger partial charge in [0.2, 0.25) is 0 Å². The molecular weight excluding hydrogens is 289 g/mol. The second-order valence-electron chi connectivity index (χ2n) is 6.03. The minimum Gasteiger partial charge on any atom is -0.329 e. The zero-order chi connectivity index (χ0) is 16.1. The number of hydrogen-bond donors (Lipinski definition) is 1. The van der Waals surface area contributed by atoms with Crippen molar-refractivity contribution in [3.63, 3.8) is 0 Å². The molecule has 1 saturated heterocycles. The lowest BCUT2D eigenvalue weighted by atomic mass is 9.96. The normalized spacial score (nSPS) is 18.0. The molecule has 1 aliphatic rings. The zero-order valence-electron chi connectivity index (χ0n) is 13.4. The van der Waals surface area contributed by atoms with E-state index in [1.165, 1.54) is 5.56 Å². The summed E-state index contributed by atoms with van der Waals surface area (Å²) in [4.78, 5) is 4.89. The van der Waals surface area contributed by atoms with Gasteiger partial charge in [-0.1, -0.05) is 42.5 Å². The zero-order valence-corrected chi connectivity index (χ0v) is 13.4. The highest BCUT2D eigenvalue weighted by molar-refractivity contribution is 5.32. The summed E-state index contributed by atoms with van der Waals surface area (Å²) in [5.41, 5.74) is 8.06. The fraction of sp³-hybridized carbons (Fsp3) is 0.368. The first-order valence-electron chi connectivity index (χ1n) is 8.25. The van der Waals surface area contributed by atoms with E-state index in [0.29, 0.717) is 6.54 Å². The molecule has 0 amide bonds. The van der Waals surface area contributed by atoms with Crippen molar-refractivity contribution in [2.24, 2.45) is 5.73 Å². The van der Waals surface area contributed by atoms with E-state index >= 15 is 0 Å². The number of rotatable bonds is 5. The Kier molecular flexibility index (Phi) is 5.39. The lowest BCUT2D eigenvalue weighted by Crippen LogP contribution is -2.48. The first kappa shape index (κ1) is 16.1. The first-order valence-corrected chi connectivity index (χ1v) is 8.25. The lowest BCUT2D eigenvalue weighted by molar-refractivity contribution is 0.111. The molecule has 0 aliphatic carbocycles. The van der Waals surface area contributed by atoms with Crippen molar-refractivity contribution < 1.29 is 4.39 Å². The van der Waals surface area contributed by atoms with Crippen molar-refractivity contribution in [3.8, 4) is 0 Å². The maximum absolute atomic E-state index is 13.3. The fourth-order valence-corrected chi connectivity index (χ4v) is 3.32. The van der Waals surface area contributed by atoms with Crippen LogP contribution in [0.2, 0.25) is 0 Å². The van der Waals surface area contributed by atoms with Gasteiger partial charge in [0.15, 0.2) is 0 Å². The summed E-state index contributed by atoms with van der Waals surface area (Å²) in [5.74, 6) is -0.187. The van der Waals surface area contributed by atoms with E-state index in [0.717, 1.165) is 38.3 Å². The molecule has 0 aromatic heterocycles. The molecule has 0 bridgehead atoms. The largest absolute Gasteiger partial charge is 0.329 e. The van der Waals surface area contributed by atoms with Crippen molar-refractivity contribution in [3.05, 3.63) is 71.5 Å². The van der Waals surface area contributed by atoms with Gasteiger partial charge in [0, 0.05) is 39.3 Å². The van der Waals surface area contributed by atoms with Crippen molar-refractivity contribution in [2.45, 2.75) is 6.04 Å². The van der Waals surface area contributed by atoms with Crippen LogP contribution >= 0.6 is 0 Å². The monoisotopic (exact) mass is 313 g/mol. The van der Waals surface area contributed by atoms with Gasteiger partial charge in [-0.3, -0.25) is 9.80 Å². The molecule has 0 saturated carbocycles. The molecule has 0 radical (unpaired) electrons. The fourth-order valence-electron chi connectivity index (χ4n) is 3.32. The summed E-state index contributed by atoms with van der Waals surface area (Å²) in [5, 5.41) is 0. The van der Waals surface area contributed by atoms with Crippen LogP contribution in [-0.2, 0) is 0 Å². The molecule has 3 rings (SSSR count). The summed E-state index contributed by atoms with van der Waals surface area (Å²) in [6, 6.07) is 17.6. The maximum Gasteiger partial charge on any atom is 0.123 e. The second-order valence-corrected chi connectivity index (χ2v) is 6.03. The molecule has 0 unspecified atom stereocenters.